The third kappa shape index (κ3) is 7.31. The molecule has 0 atom stereocenters. The van der Waals surface area contributed by atoms with E-state index >= 15 is 0 Å². The number of hydrogen-bond acceptors (Lipinski definition) is 3. The molecule has 0 aliphatic heterocycles. The first-order valence-electron chi connectivity index (χ1n) is 4.32. The van der Waals surface area contributed by atoms with Crippen LogP contribution in [0.3, 0.4) is 0 Å². The van der Waals surface area contributed by atoms with Crippen molar-refractivity contribution in [2.75, 3.05) is 6.61 Å². The minimum atomic E-state index is -0.357. The van der Waals surface area contributed by atoms with Crippen LogP contribution in [0.5, 0.6) is 0 Å². The fourth-order valence-corrected chi connectivity index (χ4v) is 0.702. The van der Waals surface area contributed by atoms with E-state index in [0.29, 0.717) is 6.42 Å². The number of amides is 1. The average molecular weight is 187 g/mol. The third-order valence-corrected chi connectivity index (χ3v) is 1.17. The van der Waals surface area contributed by atoms with E-state index in [1.54, 1.807) is 6.92 Å². The van der Waals surface area contributed by atoms with Crippen LogP contribution in [0.15, 0.2) is 0 Å². The van der Waals surface area contributed by atoms with Gasteiger partial charge in [0.25, 0.3) is 5.91 Å². The molecule has 0 aromatic carbocycles. The Labute approximate surface area is 78.6 Å². The molecule has 0 radical (unpaired) electrons. The number of rotatable bonds is 3. The molecule has 0 unspecified atom stereocenters. The van der Waals surface area contributed by atoms with E-state index in [1.165, 1.54) is 0 Å². The van der Waals surface area contributed by atoms with Crippen LogP contribution in [-0.4, -0.2) is 24.0 Å². The highest BCUT2D eigenvalue weighted by Crippen LogP contribution is 1.97. The molecular formula is C9H17NO3. The summed E-state index contributed by atoms with van der Waals surface area (Å²) in [6, 6.07) is 0. The topological polar surface area (TPSA) is 55.4 Å². The molecule has 0 heterocycles. The summed E-state index contributed by atoms with van der Waals surface area (Å²) in [5.74, 6) is -0.627. The lowest BCUT2D eigenvalue weighted by atomic mass is 10.1. The highest BCUT2D eigenvalue weighted by molar-refractivity contribution is 5.80. The highest BCUT2D eigenvalue weighted by Gasteiger charge is 2.14. The molecule has 0 aromatic rings. The lowest BCUT2D eigenvalue weighted by Crippen LogP contribution is -2.42. The zero-order valence-electron chi connectivity index (χ0n) is 8.64. The lowest BCUT2D eigenvalue weighted by Gasteiger charge is -2.20. The van der Waals surface area contributed by atoms with Gasteiger partial charge in [-0.3, -0.25) is 9.59 Å². The summed E-state index contributed by atoms with van der Waals surface area (Å²) in [6.45, 7) is 7.10. The van der Waals surface area contributed by atoms with Crippen molar-refractivity contribution in [2.24, 2.45) is 0 Å². The largest absolute Gasteiger partial charge is 0.456 e. The fraction of sp³-hybridized carbons (Fsp3) is 0.778. The Morgan fingerprint density at radius 1 is 1.31 bits per heavy atom. The maximum absolute atomic E-state index is 11.1. The molecular weight excluding hydrogens is 170 g/mol. The first kappa shape index (κ1) is 11.9. The second-order valence-corrected chi connectivity index (χ2v) is 3.81. The van der Waals surface area contributed by atoms with Crippen molar-refractivity contribution in [1.82, 2.24) is 5.32 Å². The van der Waals surface area contributed by atoms with Gasteiger partial charge in [0.15, 0.2) is 6.61 Å². The van der Waals surface area contributed by atoms with Crippen molar-refractivity contribution >= 4 is 11.9 Å². The summed E-state index contributed by atoms with van der Waals surface area (Å²) in [5, 5.41) is 2.68. The maximum Gasteiger partial charge on any atom is 0.306 e. The monoisotopic (exact) mass is 187 g/mol. The number of nitrogens with one attached hydrogen (secondary N) is 1. The molecule has 0 aliphatic carbocycles. The smallest absolute Gasteiger partial charge is 0.306 e. The average Bonchev–Trinajstić information content (AvgIpc) is 1.97. The van der Waals surface area contributed by atoms with Crippen LogP contribution in [0.2, 0.25) is 0 Å². The predicted molar refractivity (Wildman–Crippen MR) is 49.1 cm³/mol. The van der Waals surface area contributed by atoms with E-state index in [0.717, 1.165) is 0 Å². The summed E-state index contributed by atoms with van der Waals surface area (Å²) < 4.78 is 4.65. The Hall–Kier alpha value is -1.06. The Morgan fingerprint density at radius 2 is 1.85 bits per heavy atom. The van der Waals surface area contributed by atoms with E-state index < -0.39 is 0 Å². The van der Waals surface area contributed by atoms with Crippen LogP contribution < -0.4 is 5.32 Å². The number of esters is 1. The summed E-state index contributed by atoms with van der Waals surface area (Å²) in [6.07, 6.45) is 0.294. The molecule has 76 valence electrons. The Kier molecular flexibility index (Phi) is 4.45. The van der Waals surface area contributed by atoms with E-state index in [1.807, 2.05) is 20.8 Å². The second-order valence-electron chi connectivity index (χ2n) is 3.81. The van der Waals surface area contributed by atoms with Crippen LogP contribution >= 0.6 is 0 Å². The molecule has 0 rings (SSSR count). The van der Waals surface area contributed by atoms with E-state index in [4.69, 9.17) is 0 Å². The number of carbonyl (C=O) groups excluding carboxylic acids is 2. The highest BCUT2D eigenvalue weighted by atomic mass is 16.5. The van der Waals surface area contributed by atoms with Gasteiger partial charge in [0.05, 0.1) is 0 Å². The molecule has 4 nitrogen and oxygen atoms in total. The molecule has 0 saturated heterocycles. The molecule has 1 amide bonds. The molecule has 0 bridgehead atoms. The first-order chi connectivity index (χ1) is 5.85. The fourth-order valence-electron chi connectivity index (χ4n) is 0.702. The minimum Gasteiger partial charge on any atom is -0.456 e. The third-order valence-electron chi connectivity index (χ3n) is 1.17. The number of carbonyl (C=O) groups is 2. The first-order valence-corrected chi connectivity index (χ1v) is 4.32. The summed E-state index contributed by atoms with van der Waals surface area (Å²) in [7, 11) is 0. The van der Waals surface area contributed by atoms with Gasteiger partial charge < -0.3 is 10.1 Å². The SMILES string of the molecule is CCC(=O)OCC(=O)NC(C)(C)C. The van der Waals surface area contributed by atoms with Crippen LogP contribution in [0.1, 0.15) is 34.1 Å². The predicted octanol–water partition coefficient (Wildman–Crippen LogP) is 0.854. The Morgan fingerprint density at radius 3 is 2.23 bits per heavy atom. The van der Waals surface area contributed by atoms with E-state index in [-0.39, 0.29) is 24.0 Å². The van der Waals surface area contributed by atoms with Gasteiger partial charge in [0.1, 0.15) is 0 Å². The van der Waals surface area contributed by atoms with E-state index in [9.17, 15) is 9.59 Å². The van der Waals surface area contributed by atoms with Crippen molar-refractivity contribution in [3.05, 3.63) is 0 Å². The molecule has 4 heteroatoms. The Balaban J connectivity index is 3.71. The molecule has 0 aliphatic rings. The van der Waals surface area contributed by atoms with Gasteiger partial charge in [-0.2, -0.15) is 0 Å². The zero-order valence-corrected chi connectivity index (χ0v) is 8.64. The maximum atomic E-state index is 11.1. The quantitative estimate of drug-likeness (QED) is 0.666. The van der Waals surface area contributed by atoms with Gasteiger partial charge >= 0.3 is 5.97 Å². The number of ether oxygens (including phenoxy) is 1. The van der Waals surface area contributed by atoms with Crippen molar-refractivity contribution in [2.45, 2.75) is 39.7 Å². The summed E-state index contributed by atoms with van der Waals surface area (Å²) >= 11 is 0. The lowest BCUT2D eigenvalue weighted by molar-refractivity contribution is -0.148. The molecule has 0 spiro atoms. The second kappa shape index (κ2) is 4.84. The van der Waals surface area contributed by atoms with Gasteiger partial charge in [-0.25, -0.2) is 0 Å². The number of hydrogen-bond donors (Lipinski definition) is 1. The van der Waals surface area contributed by atoms with Crippen LogP contribution in [-0.2, 0) is 14.3 Å². The molecule has 1 N–H and O–H groups in total. The van der Waals surface area contributed by atoms with Crippen molar-refractivity contribution < 1.29 is 14.3 Å². The van der Waals surface area contributed by atoms with Crippen molar-refractivity contribution in [1.29, 1.82) is 0 Å². The van der Waals surface area contributed by atoms with Crippen LogP contribution in [0.4, 0.5) is 0 Å². The van der Waals surface area contributed by atoms with Gasteiger partial charge in [0, 0.05) is 12.0 Å². The Bertz CT molecular complexity index is 194. The van der Waals surface area contributed by atoms with Gasteiger partial charge in [-0.15, -0.1) is 0 Å². The summed E-state index contributed by atoms with van der Waals surface area (Å²) in [4.78, 5) is 21.8. The molecule has 13 heavy (non-hydrogen) atoms. The van der Waals surface area contributed by atoms with Gasteiger partial charge in [0.2, 0.25) is 0 Å². The van der Waals surface area contributed by atoms with E-state index in [2.05, 4.69) is 10.1 Å². The van der Waals surface area contributed by atoms with Crippen LogP contribution in [0.25, 0.3) is 0 Å². The molecule has 0 aromatic heterocycles. The van der Waals surface area contributed by atoms with Crippen molar-refractivity contribution in [3.63, 3.8) is 0 Å². The molecule has 0 fully saturated rings. The standard InChI is InChI=1S/C9H17NO3/c1-5-8(12)13-6-7(11)10-9(2,3)4/h5-6H2,1-4H3,(H,10,11). The normalized spacial score (nSPS) is 10.8. The zero-order chi connectivity index (χ0) is 10.5. The van der Waals surface area contributed by atoms with Gasteiger partial charge in [-0.05, 0) is 20.8 Å². The van der Waals surface area contributed by atoms with Crippen LogP contribution in [0, 0.1) is 0 Å². The summed E-state index contributed by atoms with van der Waals surface area (Å²) in [5.41, 5.74) is -0.282. The molecule has 0 saturated carbocycles. The van der Waals surface area contributed by atoms with Crippen molar-refractivity contribution in [3.8, 4) is 0 Å². The minimum absolute atomic E-state index is 0.191. The van der Waals surface area contributed by atoms with Gasteiger partial charge in [-0.1, -0.05) is 6.92 Å².